The van der Waals surface area contributed by atoms with Crippen LogP contribution in [-0.4, -0.2) is 46.7 Å². The van der Waals surface area contributed by atoms with E-state index in [1.54, 1.807) is 13.8 Å². The zero-order valence-electron chi connectivity index (χ0n) is 10.3. The third-order valence-corrected chi connectivity index (χ3v) is 2.67. The Morgan fingerprint density at radius 2 is 1.67 bits per heavy atom. The van der Waals surface area contributed by atoms with E-state index in [0.29, 0.717) is 0 Å². The van der Waals surface area contributed by atoms with Gasteiger partial charge in [0.05, 0.1) is 5.54 Å². The summed E-state index contributed by atoms with van der Waals surface area (Å²) in [5, 5.41) is 8.54. The van der Waals surface area contributed by atoms with Crippen LogP contribution < -0.4 is 5.73 Å². The van der Waals surface area contributed by atoms with E-state index in [-0.39, 0.29) is 17.7 Å². The molecule has 0 rings (SSSR count). The van der Waals surface area contributed by atoms with Crippen molar-refractivity contribution in [3.8, 4) is 0 Å². The fourth-order valence-corrected chi connectivity index (χ4v) is 1.45. The SMILES string of the molecule is CCC(N)(CC)C(=O)N(CC(=O)O)CC(F)(F)F. The average molecular weight is 270 g/mol. The molecule has 0 bridgehead atoms. The van der Waals surface area contributed by atoms with Crippen LogP contribution in [0.25, 0.3) is 0 Å². The van der Waals surface area contributed by atoms with Crippen LogP contribution in [0.1, 0.15) is 26.7 Å². The van der Waals surface area contributed by atoms with Gasteiger partial charge in [-0.25, -0.2) is 0 Å². The van der Waals surface area contributed by atoms with Gasteiger partial charge in [-0.3, -0.25) is 9.59 Å². The Balaban J connectivity index is 5.07. The van der Waals surface area contributed by atoms with Crippen molar-refractivity contribution < 1.29 is 27.9 Å². The van der Waals surface area contributed by atoms with E-state index >= 15 is 0 Å². The molecule has 0 aliphatic rings. The monoisotopic (exact) mass is 270 g/mol. The Morgan fingerprint density at radius 1 is 1.22 bits per heavy atom. The molecule has 0 fully saturated rings. The van der Waals surface area contributed by atoms with Gasteiger partial charge in [0.1, 0.15) is 13.1 Å². The highest BCUT2D eigenvalue weighted by Crippen LogP contribution is 2.21. The number of carbonyl (C=O) groups is 2. The second-order valence-electron chi connectivity index (χ2n) is 4.03. The highest BCUT2D eigenvalue weighted by atomic mass is 19.4. The standard InChI is InChI=1S/C10H17F3N2O3/c1-3-9(14,4-2)8(18)15(5-7(16)17)6-10(11,12)13/h3-6,14H2,1-2H3,(H,16,17). The molecule has 0 aromatic heterocycles. The van der Waals surface area contributed by atoms with Gasteiger partial charge in [-0.05, 0) is 12.8 Å². The predicted molar refractivity (Wildman–Crippen MR) is 57.8 cm³/mol. The maximum atomic E-state index is 12.3. The lowest BCUT2D eigenvalue weighted by atomic mass is 9.92. The molecule has 0 atom stereocenters. The summed E-state index contributed by atoms with van der Waals surface area (Å²) >= 11 is 0. The van der Waals surface area contributed by atoms with Gasteiger partial charge in [0.2, 0.25) is 5.91 Å². The largest absolute Gasteiger partial charge is 0.480 e. The first kappa shape index (κ1) is 16.7. The molecular formula is C10H17F3N2O3. The molecule has 1 amide bonds. The Bertz CT molecular complexity index is 314. The van der Waals surface area contributed by atoms with Crippen molar-refractivity contribution in [2.24, 2.45) is 5.73 Å². The van der Waals surface area contributed by atoms with E-state index in [2.05, 4.69) is 0 Å². The smallest absolute Gasteiger partial charge is 0.406 e. The third-order valence-electron chi connectivity index (χ3n) is 2.67. The van der Waals surface area contributed by atoms with E-state index in [1.807, 2.05) is 0 Å². The minimum absolute atomic E-state index is 0.135. The molecule has 0 saturated heterocycles. The van der Waals surface area contributed by atoms with Gasteiger partial charge in [-0.15, -0.1) is 0 Å². The zero-order chi connectivity index (χ0) is 14.6. The number of hydrogen-bond acceptors (Lipinski definition) is 3. The molecule has 3 N–H and O–H groups in total. The van der Waals surface area contributed by atoms with Crippen molar-refractivity contribution in [2.75, 3.05) is 13.1 Å². The molecule has 0 aliphatic carbocycles. The van der Waals surface area contributed by atoms with Crippen LogP contribution in [0.2, 0.25) is 0 Å². The maximum absolute atomic E-state index is 12.3. The van der Waals surface area contributed by atoms with Gasteiger partial charge in [0.25, 0.3) is 0 Å². The number of aliphatic carboxylic acids is 1. The van der Waals surface area contributed by atoms with Crippen molar-refractivity contribution >= 4 is 11.9 Å². The first-order chi connectivity index (χ1) is 8.05. The van der Waals surface area contributed by atoms with Gasteiger partial charge in [0, 0.05) is 0 Å². The minimum atomic E-state index is -4.66. The summed E-state index contributed by atoms with van der Waals surface area (Å²) in [6, 6.07) is 0. The summed E-state index contributed by atoms with van der Waals surface area (Å²) in [6.07, 6.45) is -4.39. The molecule has 0 aromatic rings. The van der Waals surface area contributed by atoms with Crippen LogP contribution in [-0.2, 0) is 9.59 Å². The number of nitrogens with zero attached hydrogens (tertiary/aromatic N) is 1. The number of halogens is 3. The van der Waals surface area contributed by atoms with Gasteiger partial charge in [-0.1, -0.05) is 13.8 Å². The molecule has 106 valence electrons. The van der Waals surface area contributed by atoms with Crippen LogP contribution in [0, 0.1) is 0 Å². The van der Waals surface area contributed by atoms with Crippen molar-refractivity contribution in [1.82, 2.24) is 4.90 Å². The van der Waals surface area contributed by atoms with E-state index in [4.69, 9.17) is 10.8 Å². The molecule has 0 saturated carbocycles. The van der Waals surface area contributed by atoms with E-state index in [0.717, 1.165) is 0 Å². The maximum Gasteiger partial charge on any atom is 0.406 e. The fourth-order valence-electron chi connectivity index (χ4n) is 1.45. The summed E-state index contributed by atoms with van der Waals surface area (Å²) < 4.78 is 36.9. The van der Waals surface area contributed by atoms with Gasteiger partial charge < -0.3 is 15.7 Å². The van der Waals surface area contributed by atoms with Crippen molar-refractivity contribution in [3.63, 3.8) is 0 Å². The normalized spacial score (nSPS) is 12.3. The second-order valence-corrected chi connectivity index (χ2v) is 4.03. The average Bonchev–Trinajstić information content (AvgIpc) is 2.23. The molecule has 0 unspecified atom stereocenters. The molecule has 0 heterocycles. The van der Waals surface area contributed by atoms with E-state index in [1.165, 1.54) is 0 Å². The van der Waals surface area contributed by atoms with Crippen molar-refractivity contribution in [2.45, 2.75) is 38.4 Å². The highest BCUT2D eigenvalue weighted by Gasteiger charge is 2.40. The Labute approximate surface area is 103 Å². The van der Waals surface area contributed by atoms with Gasteiger partial charge >= 0.3 is 12.1 Å². The van der Waals surface area contributed by atoms with Crippen LogP contribution in [0.5, 0.6) is 0 Å². The fraction of sp³-hybridized carbons (Fsp3) is 0.800. The second kappa shape index (κ2) is 6.03. The molecule has 8 heteroatoms. The lowest BCUT2D eigenvalue weighted by molar-refractivity contribution is -0.168. The zero-order valence-corrected chi connectivity index (χ0v) is 10.3. The first-order valence-electron chi connectivity index (χ1n) is 5.42. The number of nitrogens with two attached hydrogens (primary N) is 1. The van der Waals surface area contributed by atoms with E-state index < -0.39 is 36.7 Å². The van der Waals surface area contributed by atoms with Crippen LogP contribution in [0.15, 0.2) is 0 Å². The number of carboxylic acids is 1. The lowest BCUT2D eigenvalue weighted by Gasteiger charge is -2.32. The number of carbonyl (C=O) groups excluding carboxylic acids is 1. The Kier molecular flexibility index (Phi) is 5.59. The molecule has 0 aromatic carbocycles. The van der Waals surface area contributed by atoms with Crippen molar-refractivity contribution in [3.05, 3.63) is 0 Å². The topological polar surface area (TPSA) is 83.6 Å². The van der Waals surface area contributed by atoms with Crippen LogP contribution >= 0.6 is 0 Å². The van der Waals surface area contributed by atoms with Gasteiger partial charge in [0.15, 0.2) is 0 Å². The molecule has 0 radical (unpaired) electrons. The Hall–Kier alpha value is -1.31. The first-order valence-corrected chi connectivity index (χ1v) is 5.42. The number of hydrogen-bond donors (Lipinski definition) is 2. The molecule has 5 nitrogen and oxygen atoms in total. The third kappa shape index (κ3) is 4.91. The van der Waals surface area contributed by atoms with Crippen LogP contribution in [0.4, 0.5) is 13.2 Å². The summed E-state index contributed by atoms with van der Waals surface area (Å²) in [6.45, 7) is 0.496. The molecule has 18 heavy (non-hydrogen) atoms. The number of rotatable bonds is 6. The van der Waals surface area contributed by atoms with Crippen molar-refractivity contribution in [1.29, 1.82) is 0 Å². The summed E-state index contributed by atoms with van der Waals surface area (Å²) in [5.74, 6) is -2.51. The summed E-state index contributed by atoms with van der Waals surface area (Å²) in [5.41, 5.74) is 4.23. The summed E-state index contributed by atoms with van der Waals surface area (Å²) in [7, 11) is 0. The quantitative estimate of drug-likeness (QED) is 0.753. The Morgan fingerprint density at radius 3 is 1.94 bits per heavy atom. The molecular weight excluding hydrogens is 253 g/mol. The minimum Gasteiger partial charge on any atom is -0.480 e. The predicted octanol–water partition coefficient (Wildman–Crippen LogP) is 0.979. The number of carboxylic acid groups (broad SMARTS) is 1. The highest BCUT2D eigenvalue weighted by molar-refractivity contribution is 5.88. The van der Waals surface area contributed by atoms with Crippen LogP contribution in [0.3, 0.4) is 0 Å². The molecule has 0 aliphatic heterocycles. The molecule has 0 spiro atoms. The summed E-state index contributed by atoms with van der Waals surface area (Å²) in [4.78, 5) is 22.6. The van der Waals surface area contributed by atoms with E-state index in [9.17, 15) is 22.8 Å². The lowest BCUT2D eigenvalue weighted by Crippen LogP contribution is -2.57. The van der Waals surface area contributed by atoms with Gasteiger partial charge in [-0.2, -0.15) is 13.2 Å². The number of amides is 1. The number of alkyl halides is 3.